The summed E-state index contributed by atoms with van der Waals surface area (Å²) in [7, 11) is 1.84. The summed E-state index contributed by atoms with van der Waals surface area (Å²) in [5.41, 5.74) is 1.12. The topological polar surface area (TPSA) is 63.3 Å². The molecule has 23 heavy (non-hydrogen) atoms. The largest absolute Gasteiger partial charge is 0.493 e. The fourth-order valence-corrected chi connectivity index (χ4v) is 3.56. The summed E-state index contributed by atoms with van der Waals surface area (Å²) >= 11 is 1.59. The van der Waals surface area contributed by atoms with Crippen molar-refractivity contribution in [3.8, 4) is 5.75 Å². The molecule has 2 N–H and O–H groups in total. The molecule has 1 aliphatic heterocycles. The van der Waals surface area contributed by atoms with Crippen molar-refractivity contribution in [3.63, 3.8) is 0 Å². The van der Waals surface area contributed by atoms with Crippen LogP contribution in [0.25, 0.3) is 0 Å². The first-order chi connectivity index (χ1) is 11.1. The molecule has 0 saturated carbocycles. The van der Waals surface area contributed by atoms with Crippen molar-refractivity contribution in [1.82, 2.24) is 4.98 Å². The maximum Gasteiger partial charge on any atom is 0.226 e. The molecule has 0 fully saturated rings. The molecular formula is C17H21N3O2S. The molecule has 0 spiro atoms. The molecule has 122 valence electrons. The van der Waals surface area contributed by atoms with Crippen molar-refractivity contribution in [1.29, 1.82) is 0 Å². The lowest BCUT2D eigenvalue weighted by Gasteiger charge is -2.21. The number of rotatable bonds is 5. The van der Waals surface area contributed by atoms with Crippen molar-refractivity contribution in [3.05, 3.63) is 34.7 Å². The number of benzene rings is 1. The zero-order valence-electron chi connectivity index (χ0n) is 13.6. The van der Waals surface area contributed by atoms with E-state index in [1.807, 2.05) is 31.3 Å². The third kappa shape index (κ3) is 3.47. The Morgan fingerprint density at radius 2 is 2.13 bits per heavy atom. The van der Waals surface area contributed by atoms with Gasteiger partial charge in [-0.25, -0.2) is 4.98 Å². The van der Waals surface area contributed by atoms with Gasteiger partial charge in [0.05, 0.1) is 11.5 Å². The van der Waals surface area contributed by atoms with Gasteiger partial charge in [0, 0.05) is 19.4 Å². The predicted molar refractivity (Wildman–Crippen MR) is 93.5 cm³/mol. The zero-order valence-corrected chi connectivity index (χ0v) is 14.4. The molecule has 1 aliphatic rings. The van der Waals surface area contributed by atoms with Crippen LogP contribution in [0.15, 0.2) is 24.3 Å². The Labute approximate surface area is 140 Å². The van der Waals surface area contributed by atoms with Gasteiger partial charge in [-0.3, -0.25) is 4.79 Å². The molecule has 1 aromatic carbocycles. The number of thiazole rings is 1. The van der Waals surface area contributed by atoms with Gasteiger partial charge in [-0.2, -0.15) is 0 Å². The van der Waals surface area contributed by atoms with Gasteiger partial charge in [0.25, 0.3) is 0 Å². The van der Waals surface area contributed by atoms with Crippen LogP contribution < -0.4 is 15.4 Å². The predicted octanol–water partition coefficient (Wildman–Crippen LogP) is 3.69. The van der Waals surface area contributed by atoms with Gasteiger partial charge >= 0.3 is 0 Å². The molecule has 3 rings (SSSR count). The number of nitrogens with zero attached hydrogens (tertiary/aromatic N) is 1. The number of fused-ring (bicyclic) bond motifs is 1. The Morgan fingerprint density at radius 1 is 1.39 bits per heavy atom. The number of carbonyl (C=O) groups is 1. The Balaban J connectivity index is 1.84. The molecule has 6 heteroatoms. The summed E-state index contributed by atoms with van der Waals surface area (Å²) in [6, 6.07) is 8.04. The van der Waals surface area contributed by atoms with Crippen LogP contribution in [-0.2, 0) is 4.79 Å². The van der Waals surface area contributed by atoms with E-state index in [-0.39, 0.29) is 11.8 Å². The average molecular weight is 331 g/mol. The van der Waals surface area contributed by atoms with E-state index in [2.05, 4.69) is 29.5 Å². The molecule has 2 aromatic rings. The monoisotopic (exact) mass is 331 g/mol. The average Bonchev–Trinajstić information content (AvgIpc) is 2.95. The van der Waals surface area contributed by atoms with E-state index < -0.39 is 0 Å². The maximum absolute atomic E-state index is 12.0. The lowest BCUT2D eigenvalue weighted by Crippen LogP contribution is -2.22. The summed E-state index contributed by atoms with van der Waals surface area (Å²) in [4.78, 5) is 17.5. The Kier molecular flexibility index (Phi) is 4.52. The Morgan fingerprint density at radius 3 is 2.78 bits per heavy atom. The van der Waals surface area contributed by atoms with E-state index >= 15 is 0 Å². The van der Waals surface area contributed by atoms with E-state index in [9.17, 15) is 4.79 Å². The van der Waals surface area contributed by atoms with Gasteiger partial charge in [0.2, 0.25) is 5.91 Å². The zero-order chi connectivity index (χ0) is 16.4. The van der Waals surface area contributed by atoms with E-state index in [1.54, 1.807) is 11.3 Å². The minimum Gasteiger partial charge on any atom is -0.493 e. The molecule has 1 aromatic heterocycles. The maximum atomic E-state index is 12.0. The second kappa shape index (κ2) is 6.58. The number of ether oxygens (including phenoxy) is 1. The van der Waals surface area contributed by atoms with Gasteiger partial charge in [-0.05, 0) is 23.6 Å². The molecule has 1 atom stereocenters. The van der Waals surface area contributed by atoms with E-state index in [1.165, 1.54) is 0 Å². The highest BCUT2D eigenvalue weighted by Gasteiger charge is 2.30. The highest BCUT2D eigenvalue weighted by Crippen LogP contribution is 2.42. The smallest absolute Gasteiger partial charge is 0.226 e. The normalized spacial score (nSPS) is 16.9. The first-order valence-electron chi connectivity index (χ1n) is 7.78. The molecular weight excluding hydrogens is 310 g/mol. The molecule has 0 unspecified atom stereocenters. The van der Waals surface area contributed by atoms with Crippen LogP contribution in [0.2, 0.25) is 0 Å². The van der Waals surface area contributed by atoms with Crippen molar-refractivity contribution in [2.24, 2.45) is 5.92 Å². The second-order valence-electron chi connectivity index (χ2n) is 6.06. The molecule has 0 radical (unpaired) electrons. The molecule has 1 amide bonds. The molecule has 0 aliphatic carbocycles. The number of aromatic nitrogens is 1. The summed E-state index contributed by atoms with van der Waals surface area (Å²) in [6.07, 6.45) is 0.449. The van der Waals surface area contributed by atoms with Gasteiger partial charge in [-0.15, -0.1) is 0 Å². The van der Waals surface area contributed by atoms with Crippen molar-refractivity contribution >= 4 is 28.2 Å². The van der Waals surface area contributed by atoms with Gasteiger partial charge in [0.15, 0.2) is 5.13 Å². The summed E-state index contributed by atoms with van der Waals surface area (Å²) in [6.45, 7) is 4.95. The third-order valence-corrected chi connectivity index (χ3v) is 4.88. The van der Waals surface area contributed by atoms with Gasteiger partial charge < -0.3 is 15.4 Å². The number of hydrogen-bond acceptors (Lipinski definition) is 5. The molecule has 0 saturated heterocycles. The molecule has 0 bridgehead atoms. The third-order valence-electron chi connectivity index (χ3n) is 3.70. The lowest BCUT2D eigenvalue weighted by atomic mass is 9.91. The fourth-order valence-electron chi connectivity index (χ4n) is 2.55. The first-order valence-corrected chi connectivity index (χ1v) is 8.59. The van der Waals surface area contributed by atoms with E-state index in [0.717, 1.165) is 21.3 Å². The molecule has 2 heterocycles. The summed E-state index contributed by atoms with van der Waals surface area (Å²) in [5, 5.41) is 6.72. The number of amides is 1. The first kappa shape index (κ1) is 15.8. The number of hydrogen-bond donors (Lipinski definition) is 2. The number of nitrogens with one attached hydrogen (secondary N) is 2. The quantitative estimate of drug-likeness (QED) is 0.877. The minimum atomic E-state index is 0.00980. The van der Waals surface area contributed by atoms with Crippen molar-refractivity contribution in [2.75, 3.05) is 24.3 Å². The van der Waals surface area contributed by atoms with Crippen LogP contribution in [0.3, 0.4) is 0 Å². The molecule has 5 nitrogen and oxygen atoms in total. The van der Waals surface area contributed by atoms with Crippen molar-refractivity contribution in [2.45, 2.75) is 26.2 Å². The van der Waals surface area contributed by atoms with Crippen molar-refractivity contribution < 1.29 is 9.53 Å². The van der Waals surface area contributed by atoms with Crippen LogP contribution in [0.5, 0.6) is 5.75 Å². The van der Waals surface area contributed by atoms with Gasteiger partial charge in [0.1, 0.15) is 11.6 Å². The van der Waals surface area contributed by atoms with Gasteiger partial charge in [-0.1, -0.05) is 37.3 Å². The standard InChI is InChI=1S/C17H21N3O2S/c1-10(2)9-22-12-6-4-11(5-7-12)13-8-14(21)19-16-15(13)23-17(18-3)20-16/h4-7,10,13H,8-9H2,1-3H3,(H,18,20)(H,19,21)/t13-/m0/s1. The second-order valence-corrected chi connectivity index (χ2v) is 7.09. The number of carbonyl (C=O) groups excluding carboxylic acids is 1. The Bertz CT molecular complexity index is 694. The SMILES string of the molecule is CNc1nc2c(s1)[C@H](c1ccc(OCC(C)C)cc1)CC(=O)N2. The van der Waals surface area contributed by atoms with Crippen LogP contribution in [0.1, 0.15) is 36.6 Å². The highest BCUT2D eigenvalue weighted by atomic mass is 32.1. The highest BCUT2D eigenvalue weighted by molar-refractivity contribution is 7.16. The van der Waals surface area contributed by atoms with E-state index in [0.29, 0.717) is 24.8 Å². The minimum absolute atomic E-state index is 0.00980. The van der Waals surface area contributed by atoms with Crippen LogP contribution >= 0.6 is 11.3 Å². The van der Waals surface area contributed by atoms with Crippen LogP contribution in [-0.4, -0.2) is 24.5 Å². The summed E-state index contributed by atoms with van der Waals surface area (Å²) in [5.74, 6) is 2.11. The van der Waals surface area contributed by atoms with Crippen LogP contribution in [0, 0.1) is 5.92 Å². The number of anilines is 2. The summed E-state index contributed by atoms with van der Waals surface area (Å²) < 4.78 is 5.72. The lowest BCUT2D eigenvalue weighted by molar-refractivity contribution is -0.116. The van der Waals surface area contributed by atoms with Crippen LogP contribution in [0.4, 0.5) is 10.9 Å². The fraction of sp³-hybridized carbons (Fsp3) is 0.412. The van der Waals surface area contributed by atoms with E-state index in [4.69, 9.17) is 4.74 Å². The Hall–Kier alpha value is -2.08.